The van der Waals surface area contributed by atoms with E-state index in [0.717, 1.165) is 5.56 Å². The minimum Gasteiger partial charge on any atom is -0.366 e. The molecule has 3 rings (SSSR count). The maximum absolute atomic E-state index is 12.3. The predicted molar refractivity (Wildman–Crippen MR) is 111 cm³/mol. The Labute approximate surface area is 174 Å². The lowest BCUT2D eigenvalue weighted by molar-refractivity contribution is 0.1000. The number of urea groups is 1. The number of likely N-dealkylation sites (tertiary alicyclic amines) is 1. The summed E-state index contributed by atoms with van der Waals surface area (Å²) in [5.41, 5.74) is 6.64. The number of carbonyl (C=O) groups is 2. The van der Waals surface area contributed by atoms with Crippen molar-refractivity contribution in [2.24, 2.45) is 5.73 Å². The molecule has 1 aromatic carbocycles. The highest BCUT2D eigenvalue weighted by Crippen LogP contribution is 2.18. The van der Waals surface area contributed by atoms with Crippen LogP contribution in [0.5, 0.6) is 0 Å². The molecule has 2 heterocycles. The van der Waals surface area contributed by atoms with Crippen molar-refractivity contribution in [3.05, 3.63) is 52.9 Å². The normalized spacial score (nSPS) is 15.2. The quantitative estimate of drug-likeness (QED) is 0.609. The fourth-order valence-corrected chi connectivity index (χ4v) is 5.51. The molecule has 3 amide bonds. The van der Waals surface area contributed by atoms with Gasteiger partial charge in [-0.25, -0.2) is 17.9 Å². The number of hydrogen-bond donors (Lipinski definition) is 3. The third-order valence-corrected chi connectivity index (χ3v) is 7.68. The van der Waals surface area contributed by atoms with Gasteiger partial charge < -0.3 is 16.0 Å². The van der Waals surface area contributed by atoms with E-state index in [2.05, 4.69) is 10.0 Å². The fourth-order valence-electron chi connectivity index (χ4n) is 3.20. The van der Waals surface area contributed by atoms with E-state index in [4.69, 9.17) is 5.73 Å². The second-order valence-corrected chi connectivity index (χ2v) is 9.75. The number of carbonyl (C=O) groups excluding carboxylic acids is 2. The maximum atomic E-state index is 12.3. The van der Waals surface area contributed by atoms with Crippen LogP contribution in [0.15, 0.2) is 46.0 Å². The first-order valence-corrected chi connectivity index (χ1v) is 11.7. The minimum atomic E-state index is -3.49. The van der Waals surface area contributed by atoms with Gasteiger partial charge in [-0.1, -0.05) is 18.2 Å². The van der Waals surface area contributed by atoms with Gasteiger partial charge in [0.25, 0.3) is 0 Å². The van der Waals surface area contributed by atoms with E-state index in [1.54, 1.807) is 40.6 Å². The zero-order chi connectivity index (χ0) is 20.9. The molecule has 2 aromatic rings. The van der Waals surface area contributed by atoms with Gasteiger partial charge in [0.2, 0.25) is 15.9 Å². The first-order valence-electron chi connectivity index (χ1n) is 9.32. The molecule has 0 atom stereocenters. The van der Waals surface area contributed by atoms with Crippen molar-refractivity contribution in [3.63, 3.8) is 0 Å². The number of sulfonamides is 1. The third kappa shape index (κ3) is 5.78. The van der Waals surface area contributed by atoms with Crippen LogP contribution in [0, 0.1) is 0 Å². The number of benzene rings is 1. The molecular formula is C19H24N4O4S2. The smallest absolute Gasteiger partial charge is 0.317 e. The summed E-state index contributed by atoms with van der Waals surface area (Å²) in [5, 5.41) is 4.60. The van der Waals surface area contributed by atoms with Gasteiger partial charge >= 0.3 is 6.03 Å². The van der Waals surface area contributed by atoms with E-state index in [9.17, 15) is 18.0 Å². The number of piperidine rings is 1. The number of hydrogen-bond acceptors (Lipinski definition) is 5. The van der Waals surface area contributed by atoms with Gasteiger partial charge in [0.1, 0.15) is 4.21 Å². The molecule has 1 aliphatic rings. The molecule has 1 saturated heterocycles. The Hall–Kier alpha value is -2.43. The summed E-state index contributed by atoms with van der Waals surface area (Å²) < 4.78 is 27.6. The monoisotopic (exact) mass is 436 g/mol. The molecule has 0 bridgehead atoms. The number of nitrogens with two attached hydrogens (primary N) is 1. The van der Waals surface area contributed by atoms with E-state index < -0.39 is 15.9 Å². The standard InChI is InChI=1S/C19H24N4O4S2/c20-18(24)15-4-1-3-14(13-15)6-9-21-19(25)23-10-7-16(8-11-23)22-29(26,27)17-5-2-12-28-17/h1-5,12-13,16,22H,6-11H2,(H2,20,24)(H,21,25). The fraction of sp³-hybridized carbons (Fsp3) is 0.368. The topological polar surface area (TPSA) is 122 Å². The predicted octanol–water partition coefficient (Wildman–Crippen LogP) is 1.54. The van der Waals surface area contributed by atoms with Gasteiger partial charge in [-0.15, -0.1) is 11.3 Å². The summed E-state index contributed by atoms with van der Waals surface area (Å²) >= 11 is 1.18. The van der Waals surface area contributed by atoms with Crippen molar-refractivity contribution in [3.8, 4) is 0 Å². The molecular weight excluding hydrogens is 412 g/mol. The Morgan fingerprint density at radius 3 is 2.59 bits per heavy atom. The summed E-state index contributed by atoms with van der Waals surface area (Å²) in [7, 11) is -3.49. The van der Waals surface area contributed by atoms with Crippen LogP contribution in [0.3, 0.4) is 0 Å². The summed E-state index contributed by atoms with van der Waals surface area (Å²) in [6.45, 7) is 1.41. The van der Waals surface area contributed by atoms with Gasteiger partial charge in [0, 0.05) is 31.2 Å². The Balaban J connectivity index is 1.42. The van der Waals surface area contributed by atoms with Gasteiger partial charge in [0.05, 0.1) is 0 Å². The van der Waals surface area contributed by atoms with Crippen LogP contribution >= 0.6 is 11.3 Å². The third-order valence-electron chi connectivity index (χ3n) is 4.77. The number of thiophene rings is 1. The van der Waals surface area contributed by atoms with Crippen molar-refractivity contribution in [1.29, 1.82) is 0 Å². The van der Waals surface area contributed by atoms with Crippen molar-refractivity contribution >= 4 is 33.3 Å². The highest BCUT2D eigenvalue weighted by Gasteiger charge is 2.27. The zero-order valence-electron chi connectivity index (χ0n) is 15.8. The molecule has 0 spiro atoms. The average molecular weight is 437 g/mol. The SMILES string of the molecule is NC(=O)c1cccc(CCNC(=O)N2CCC(NS(=O)(=O)c3cccs3)CC2)c1. The van der Waals surface area contributed by atoms with E-state index >= 15 is 0 Å². The minimum absolute atomic E-state index is 0.171. The molecule has 0 saturated carbocycles. The zero-order valence-corrected chi connectivity index (χ0v) is 17.5. The molecule has 29 heavy (non-hydrogen) atoms. The summed E-state index contributed by atoms with van der Waals surface area (Å²) in [6, 6.07) is 9.95. The molecule has 4 N–H and O–H groups in total. The number of amides is 3. The van der Waals surface area contributed by atoms with Crippen LogP contribution < -0.4 is 15.8 Å². The number of nitrogens with one attached hydrogen (secondary N) is 2. The van der Waals surface area contributed by atoms with Crippen molar-refractivity contribution in [2.45, 2.75) is 29.5 Å². The van der Waals surface area contributed by atoms with Gasteiger partial charge in [-0.2, -0.15) is 0 Å². The molecule has 0 aliphatic carbocycles. The Morgan fingerprint density at radius 1 is 1.17 bits per heavy atom. The van der Waals surface area contributed by atoms with Crippen molar-refractivity contribution < 1.29 is 18.0 Å². The lowest BCUT2D eigenvalue weighted by Gasteiger charge is -2.32. The van der Waals surface area contributed by atoms with Crippen LogP contribution in [0.2, 0.25) is 0 Å². The summed E-state index contributed by atoms with van der Waals surface area (Å²) in [4.78, 5) is 25.3. The molecule has 0 radical (unpaired) electrons. The van der Waals surface area contributed by atoms with E-state index in [1.807, 2.05) is 6.07 Å². The molecule has 1 aliphatic heterocycles. The van der Waals surface area contributed by atoms with E-state index in [1.165, 1.54) is 11.3 Å². The second kappa shape index (κ2) is 9.38. The van der Waals surface area contributed by atoms with E-state index in [0.29, 0.717) is 48.7 Å². The number of primary amides is 1. The molecule has 1 fully saturated rings. The van der Waals surface area contributed by atoms with Gasteiger partial charge in [0.15, 0.2) is 0 Å². The lowest BCUT2D eigenvalue weighted by Crippen LogP contribution is -2.49. The number of nitrogens with zero attached hydrogens (tertiary/aromatic N) is 1. The number of rotatable bonds is 7. The Bertz CT molecular complexity index is 952. The molecule has 0 unspecified atom stereocenters. The van der Waals surface area contributed by atoms with Crippen LogP contribution in [0.25, 0.3) is 0 Å². The Morgan fingerprint density at radius 2 is 1.93 bits per heavy atom. The molecule has 156 valence electrons. The second-order valence-electron chi connectivity index (χ2n) is 6.86. The molecule has 1 aromatic heterocycles. The van der Waals surface area contributed by atoms with Crippen LogP contribution in [-0.4, -0.2) is 50.9 Å². The van der Waals surface area contributed by atoms with E-state index in [-0.39, 0.29) is 12.1 Å². The van der Waals surface area contributed by atoms with Crippen LogP contribution in [0.1, 0.15) is 28.8 Å². The first-order chi connectivity index (χ1) is 13.8. The van der Waals surface area contributed by atoms with Crippen molar-refractivity contribution in [2.75, 3.05) is 19.6 Å². The average Bonchev–Trinajstić information content (AvgIpc) is 3.24. The highest BCUT2D eigenvalue weighted by atomic mass is 32.2. The first kappa shape index (κ1) is 21.3. The largest absolute Gasteiger partial charge is 0.366 e. The maximum Gasteiger partial charge on any atom is 0.317 e. The van der Waals surface area contributed by atoms with Gasteiger partial charge in [-0.3, -0.25) is 4.79 Å². The van der Waals surface area contributed by atoms with Crippen LogP contribution in [-0.2, 0) is 16.4 Å². The lowest BCUT2D eigenvalue weighted by atomic mass is 10.1. The summed E-state index contributed by atoms with van der Waals surface area (Å²) in [6.07, 6.45) is 1.72. The summed E-state index contributed by atoms with van der Waals surface area (Å²) in [5.74, 6) is -0.478. The van der Waals surface area contributed by atoms with Crippen molar-refractivity contribution in [1.82, 2.24) is 14.9 Å². The van der Waals surface area contributed by atoms with Gasteiger partial charge in [-0.05, 0) is 48.4 Å². The molecule has 10 heteroatoms. The molecule has 8 nitrogen and oxygen atoms in total. The van der Waals surface area contributed by atoms with Crippen LogP contribution in [0.4, 0.5) is 4.79 Å². The Kier molecular flexibility index (Phi) is 6.88. The highest BCUT2D eigenvalue weighted by molar-refractivity contribution is 7.91.